The summed E-state index contributed by atoms with van der Waals surface area (Å²) in [5.41, 5.74) is 8.51. The Labute approximate surface area is 138 Å². The van der Waals surface area contributed by atoms with Crippen LogP contribution in [0.2, 0.25) is 0 Å². The van der Waals surface area contributed by atoms with Gasteiger partial charge in [-0.2, -0.15) is 0 Å². The minimum atomic E-state index is -0.423. The first kappa shape index (κ1) is 16.0. The van der Waals surface area contributed by atoms with Crippen LogP contribution in [0.3, 0.4) is 0 Å². The smallest absolute Gasteiger partial charge is 0.252 e. The third-order valence-corrected chi connectivity index (χ3v) is 3.78. The van der Waals surface area contributed by atoms with Crippen LogP contribution >= 0.6 is 0 Å². The molecule has 0 aliphatic rings. The van der Waals surface area contributed by atoms with Crippen molar-refractivity contribution in [2.45, 2.75) is 6.42 Å². The number of halogens is 1. The maximum Gasteiger partial charge on any atom is 0.252 e. The summed E-state index contributed by atoms with van der Waals surface area (Å²) in [6.45, 7) is 0.382. The summed E-state index contributed by atoms with van der Waals surface area (Å²) < 4.78 is 13.8. The van der Waals surface area contributed by atoms with Crippen molar-refractivity contribution in [3.8, 4) is 11.3 Å². The Hall–Kier alpha value is -2.86. The van der Waals surface area contributed by atoms with Crippen molar-refractivity contribution in [1.82, 2.24) is 15.3 Å². The van der Waals surface area contributed by atoms with Crippen LogP contribution in [0, 0.1) is 5.82 Å². The predicted octanol–water partition coefficient (Wildman–Crippen LogP) is 2.30. The number of nitrogens with one attached hydrogen (secondary N) is 1. The molecule has 1 aromatic carbocycles. The molecule has 24 heavy (non-hydrogen) atoms. The van der Waals surface area contributed by atoms with Crippen LogP contribution in [0.1, 0.15) is 16.1 Å². The van der Waals surface area contributed by atoms with Gasteiger partial charge in [-0.25, -0.2) is 4.39 Å². The third kappa shape index (κ3) is 2.83. The first-order valence-electron chi connectivity index (χ1n) is 7.61. The second-order valence-electron chi connectivity index (χ2n) is 5.30. The van der Waals surface area contributed by atoms with Gasteiger partial charge in [0.25, 0.3) is 5.91 Å². The number of carbonyl (C=O) groups is 1. The Balaban J connectivity index is 2.44. The zero-order valence-electron chi connectivity index (χ0n) is 13.2. The van der Waals surface area contributed by atoms with Gasteiger partial charge in [-0.3, -0.25) is 14.8 Å². The lowest BCUT2D eigenvalue weighted by molar-refractivity contribution is 0.0965. The summed E-state index contributed by atoms with van der Waals surface area (Å²) in [6.07, 6.45) is 2.13. The number of nitrogens with two attached hydrogens (primary N) is 1. The Kier molecular flexibility index (Phi) is 4.48. The standard InChI is InChI=1S/C18H17FN4O/c1-21-18(24)16-12-10-11(19)5-6-13(12)23-15(7-8-20)17(16)14-4-2-3-9-22-14/h2-6,9-10H,7-8,20H2,1H3,(H,21,24). The molecule has 0 saturated heterocycles. The number of pyridine rings is 2. The number of rotatable bonds is 4. The van der Waals surface area contributed by atoms with Crippen molar-refractivity contribution >= 4 is 16.8 Å². The van der Waals surface area contributed by atoms with Gasteiger partial charge in [0.15, 0.2) is 0 Å². The van der Waals surface area contributed by atoms with Crippen LogP contribution in [0.15, 0.2) is 42.6 Å². The van der Waals surface area contributed by atoms with E-state index in [0.717, 1.165) is 0 Å². The quantitative estimate of drug-likeness (QED) is 0.771. The molecule has 0 aliphatic heterocycles. The molecule has 0 saturated carbocycles. The fourth-order valence-corrected chi connectivity index (χ4v) is 2.75. The normalized spacial score (nSPS) is 10.8. The van der Waals surface area contributed by atoms with Gasteiger partial charge in [0, 0.05) is 30.6 Å². The van der Waals surface area contributed by atoms with Crippen molar-refractivity contribution < 1.29 is 9.18 Å². The molecule has 3 N–H and O–H groups in total. The number of benzene rings is 1. The number of aromatic nitrogens is 2. The summed E-state index contributed by atoms with van der Waals surface area (Å²) in [4.78, 5) is 21.5. The summed E-state index contributed by atoms with van der Waals surface area (Å²) in [5, 5.41) is 3.08. The van der Waals surface area contributed by atoms with E-state index in [0.29, 0.717) is 46.4 Å². The number of fused-ring (bicyclic) bond motifs is 1. The number of nitrogens with zero attached hydrogens (tertiary/aromatic N) is 2. The van der Waals surface area contributed by atoms with Crippen molar-refractivity contribution in [3.05, 3.63) is 59.7 Å². The Morgan fingerprint density at radius 2 is 2.12 bits per heavy atom. The molecule has 0 radical (unpaired) electrons. The fourth-order valence-electron chi connectivity index (χ4n) is 2.75. The summed E-state index contributed by atoms with van der Waals surface area (Å²) in [6, 6.07) is 9.65. The van der Waals surface area contributed by atoms with E-state index in [9.17, 15) is 9.18 Å². The number of carbonyl (C=O) groups excluding carboxylic acids is 1. The summed E-state index contributed by atoms with van der Waals surface area (Å²) in [7, 11) is 1.54. The van der Waals surface area contributed by atoms with E-state index in [1.807, 2.05) is 6.07 Å². The van der Waals surface area contributed by atoms with E-state index in [2.05, 4.69) is 15.3 Å². The molecule has 3 aromatic rings. The van der Waals surface area contributed by atoms with Gasteiger partial charge >= 0.3 is 0 Å². The third-order valence-electron chi connectivity index (χ3n) is 3.78. The lowest BCUT2D eigenvalue weighted by Gasteiger charge is -2.16. The second kappa shape index (κ2) is 6.72. The predicted molar refractivity (Wildman–Crippen MR) is 91.1 cm³/mol. The molecular weight excluding hydrogens is 307 g/mol. The highest BCUT2D eigenvalue weighted by molar-refractivity contribution is 6.11. The molecule has 0 atom stereocenters. The van der Waals surface area contributed by atoms with Crippen molar-refractivity contribution in [1.29, 1.82) is 0 Å². The zero-order valence-corrected chi connectivity index (χ0v) is 13.2. The molecule has 122 valence electrons. The minimum Gasteiger partial charge on any atom is -0.355 e. The highest BCUT2D eigenvalue weighted by atomic mass is 19.1. The van der Waals surface area contributed by atoms with Gasteiger partial charge in [-0.15, -0.1) is 0 Å². The molecule has 6 heteroatoms. The zero-order chi connectivity index (χ0) is 17.1. The van der Waals surface area contributed by atoms with Crippen molar-refractivity contribution in [2.75, 3.05) is 13.6 Å². The molecule has 0 aliphatic carbocycles. The fraction of sp³-hybridized carbons (Fsp3) is 0.167. The van der Waals surface area contributed by atoms with Gasteiger partial charge in [-0.1, -0.05) is 6.07 Å². The maximum atomic E-state index is 13.8. The molecule has 0 fully saturated rings. The maximum absolute atomic E-state index is 13.8. The molecule has 0 unspecified atom stereocenters. The summed E-state index contributed by atoms with van der Waals surface area (Å²) in [5.74, 6) is -0.736. The van der Waals surface area contributed by atoms with Crippen molar-refractivity contribution in [3.63, 3.8) is 0 Å². The molecule has 1 amide bonds. The van der Waals surface area contributed by atoms with Gasteiger partial charge in [0.1, 0.15) is 5.82 Å². The molecule has 3 rings (SSSR count). The van der Waals surface area contributed by atoms with Gasteiger partial charge in [0.05, 0.1) is 22.5 Å². The van der Waals surface area contributed by atoms with E-state index in [4.69, 9.17) is 5.73 Å². The lowest BCUT2D eigenvalue weighted by Crippen LogP contribution is -2.21. The molecular formula is C18H17FN4O. The van der Waals surface area contributed by atoms with E-state index in [1.165, 1.54) is 12.1 Å². The van der Waals surface area contributed by atoms with E-state index < -0.39 is 5.82 Å². The van der Waals surface area contributed by atoms with Crippen LogP contribution in [0.4, 0.5) is 4.39 Å². The average molecular weight is 324 g/mol. The molecule has 5 nitrogen and oxygen atoms in total. The summed E-state index contributed by atoms with van der Waals surface area (Å²) >= 11 is 0. The van der Waals surface area contributed by atoms with Gasteiger partial charge in [0.2, 0.25) is 0 Å². The van der Waals surface area contributed by atoms with E-state index in [-0.39, 0.29) is 5.91 Å². The molecule has 2 heterocycles. The Bertz CT molecular complexity index is 896. The van der Waals surface area contributed by atoms with Crippen LogP contribution in [0.25, 0.3) is 22.2 Å². The van der Waals surface area contributed by atoms with E-state index in [1.54, 1.807) is 31.4 Å². The average Bonchev–Trinajstić information content (AvgIpc) is 2.61. The first-order valence-corrected chi connectivity index (χ1v) is 7.61. The van der Waals surface area contributed by atoms with Crippen LogP contribution < -0.4 is 11.1 Å². The molecule has 2 aromatic heterocycles. The van der Waals surface area contributed by atoms with Crippen LogP contribution in [0.5, 0.6) is 0 Å². The Morgan fingerprint density at radius 3 is 2.79 bits per heavy atom. The highest BCUT2D eigenvalue weighted by Gasteiger charge is 2.22. The lowest BCUT2D eigenvalue weighted by atomic mass is 9.95. The molecule has 0 bridgehead atoms. The van der Waals surface area contributed by atoms with E-state index >= 15 is 0 Å². The first-order chi connectivity index (χ1) is 11.7. The topological polar surface area (TPSA) is 80.9 Å². The van der Waals surface area contributed by atoms with Crippen LogP contribution in [-0.4, -0.2) is 29.5 Å². The SMILES string of the molecule is CNC(=O)c1c(-c2ccccn2)c(CCN)nc2ccc(F)cc12. The largest absolute Gasteiger partial charge is 0.355 e. The number of hydrogen-bond donors (Lipinski definition) is 2. The van der Waals surface area contributed by atoms with Crippen molar-refractivity contribution in [2.24, 2.45) is 5.73 Å². The second-order valence-corrected chi connectivity index (χ2v) is 5.30. The Morgan fingerprint density at radius 1 is 1.29 bits per heavy atom. The monoisotopic (exact) mass is 324 g/mol. The number of hydrogen-bond acceptors (Lipinski definition) is 4. The van der Waals surface area contributed by atoms with Gasteiger partial charge < -0.3 is 11.1 Å². The highest BCUT2D eigenvalue weighted by Crippen LogP contribution is 2.31. The van der Waals surface area contributed by atoms with Gasteiger partial charge in [-0.05, 0) is 36.9 Å². The molecule has 0 spiro atoms. The minimum absolute atomic E-state index is 0.313. The van der Waals surface area contributed by atoms with Crippen LogP contribution in [-0.2, 0) is 6.42 Å². The number of amides is 1.